The zero-order chi connectivity index (χ0) is 11.8. The Kier molecular flexibility index (Phi) is 2.39. The molecule has 0 amide bonds. The molecule has 0 saturated carbocycles. The number of para-hydroxylation sites is 1. The quantitative estimate of drug-likeness (QED) is 0.553. The van der Waals surface area contributed by atoms with Crippen molar-refractivity contribution in [1.82, 2.24) is 0 Å². The molecule has 2 heterocycles. The van der Waals surface area contributed by atoms with E-state index in [0.717, 1.165) is 25.1 Å². The summed E-state index contributed by atoms with van der Waals surface area (Å²) in [6.45, 7) is 1.54. The van der Waals surface area contributed by atoms with Gasteiger partial charge in [-0.25, -0.2) is 0 Å². The van der Waals surface area contributed by atoms with Crippen LogP contribution in [-0.2, 0) is 0 Å². The third-order valence-electron chi connectivity index (χ3n) is 3.53. The van der Waals surface area contributed by atoms with E-state index in [-0.39, 0.29) is 10.6 Å². The summed E-state index contributed by atoms with van der Waals surface area (Å²) in [4.78, 5) is 12.8. The van der Waals surface area contributed by atoms with E-state index in [1.807, 2.05) is 6.07 Å². The maximum Gasteiger partial charge on any atom is 0.313 e. The Morgan fingerprint density at radius 2 is 2.29 bits per heavy atom. The summed E-state index contributed by atoms with van der Waals surface area (Å²) in [5.41, 5.74) is 0.960. The van der Waals surface area contributed by atoms with E-state index >= 15 is 0 Å². The van der Waals surface area contributed by atoms with E-state index in [2.05, 4.69) is 4.90 Å². The van der Waals surface area contributed by atoms with Crippen molar-refractivity contribution in [2.45, 2.75) is 25.3 Å². The number of hydrogen-bond donors (Lipinski definition) is 0. The number of nitro benzene ring substituents is 1. The molecule has 0 bridgehead atoms. The maximum absolute atomic E-state index is 10.9. The van der Waals surface area contributed by atoms with Gasteiger partial charge in [0.1, 0.15) is 6.61 Å². The number of nitrogens with zero attached hydrogens (tertiary/aromatic N) is 2. The SMILES string of the molecule is O=[N+]([O-])c1cccc2c1OC[C@H]1CCCCN21. The molecule has 3 rings (SSSR count). The Balaban J connectivity index is 2.05. The van der Waals surface area contributed by atoms with Crippen molar-refractivity contribution in [3.8, 4) is 5.75 Å². The van der Waals surface area contributed by atoms with Crippen molar-refractivity contribution in [2.75, 3.05) is 18.1 Å². The van der Waals surface area contributed by atoms with Crippen molar-refractivity contribution >= 4 is 11.4 Å². The molecule has 0 unspecified atom stereocenters. The first-order chi connectivity index (χ1) is 8.27. The van der Waals surface area contributed by atoms with Crippen LogP contribution in [0.3, 0.4) is 0 Å². The number of fused-ring (bicyclic) bond motifs is 3. The summed E-state index contributed by atoms with van der Waals surface area (Å²) in [6.07, 6.45) is 3.48. The molecule has 1 aromatic carbocycles. The Labute approximate surface area is 99.1 Å². The lowest BCUT2D eigenvalue weighted by atomic mass is 10.00. The first kappa shape index (κ1) is 10.4. The van der Waals surface area contributed by atoms with Crippen LogP contribution in [0.25, 0.3) is 0 Å². The minimum absolute atomic E-state index is 0.0755. The second kappa shape index (κ2) is 3.91. The van der Waals surface area contributed by atoms with Gasteiger partial charge in [0.25, 0.3) is 0 Å². The van der Waals surface area contributed by atoms with E-state index in [0.29, 0.717) is 18.4 Å². The van der Waals surface area contributed by atoms with E-state index < -0.39 is 0 Å². The van der Waals surface area contributed by atoms with Crippen molar-refractivity contribution in [3.05, 3.63) is 28.3 Å². The lowest BCUT2D eigenvalue weighted by Crippen LogP contribution is -2.46. The topological polar surface area (TPSA) is 55.6 Å². The van der Waals surface area contributed by atoms with E-state index in [9.17, 15) is 10.1 Å². The summed E-state index contributed by atoms with van der Waals surface area (Å²) in [5.74, 6) is 0.440. The molecule has 17 heavy (non-hydrogen) atoms. The van der Waals surface area contributed by atoms with Crippen LogP contribution in [0.5, 0.6) is 5.75 Å². The third-order valence-corrected chi connectivity index (χ3v) is 3.53. The van der Waals surface area contributed by atoms with Crippen molar-refractivity contribution in [3.63, 3.8) is 0 Å². The lowest BCUT2D eigenvalue weighted by molar-refractivity contribution is -0.385. The highest BCUT2D eigenvalue weighted by molar-refractivity contribution is 5.69. The van der Waals surface area contributed by atoms with Gasteiger partial charge in [-0.3, -0.25) is 10.1 Å². The minimum Gasteiger partial charge on any atom is -0.483 e. The predicted octanol–water partition coefficient (Wildman–Crippen LogP) is 2.35. The van der Waals surface area contributed by atoms with Gasteiger partial charge >= 0.3 is 5.69 Å². The van der Waals surface area contributed by atoms with E-state index in [1.165, 1.54) is 12.5 Å². The number of benzene rings is 1. The zero-order valence-corrected chi connectivity index (χ0v) is 9.46. The molecule has 0 N–H and O–H groups in total. The molecule has 0 aromatic heterocycles. The molecule has 1 saturated heterocycles. The lowest BCUT2D eigenvalue weighted by Gasteiger charge is -2.41. The van der Waals surface area contributed by atoms with Crippen LogP contribution < -0.4 is 9.64 Å². The van der Waals surface area contributed by atoms with Crippen molar-refractivity contribution in [2.24, 2.45) is 0 Å². The van der Waals surface area contributed by atoms with Gasteiger partial charge in [0.15, 0.2) is 0 Å². The predicted molar refractivity (Wildman–Crippen MR) is 63.6 cm³/mol. The fourth-order valence-corrected chi connectivity index (χ4v) is 2.70. The number of rotatable bonds is 1. The van der Waals surface area contributed by atoms with Gasteiger partial charge in [0.05, 0.1) is 16.7 Å². The number of nitro groups is 1. The van der Waals surface area contributed by atoms with Gasteiger partial charge in [-0.1, -0.05) is 6.07 Å². The third kappa shape index (κ3) is 1.62. The Bertz CT molecular complexity index is 461. The van der Waals surface area contributed by atoms with Gasteiger partial charge < -0.3 is 9.64 Å². The van der Waals surface area contributed by atoms with Gasteiger partial charge in [0, 0.05) is 12.6 Å². The molecule has 0 aliphatic carbocycles. The van der Waals surface area contributed by atoms with Crippen LogP contribution in [0, 0.1) is 10.1 Å². The van der Waals surface area contributed by atoms with Crippen LogP contribution in [0.4, 0.5) is 11.4 Å². The average Bonchev–Trinajstić information content (AvgIpc) is 2.37. The maximum atomic E-state index is 10.9. The molecule has 5 heteroatoms. The summed E-state index contributed by atoms with van der Waals surface area (Å²) in [6, 6.07) is 5.54. The van der Waals surface area contributed by atoms with Crippen molar-refractivity contribution in [1.29, 1.82) is 0 Å². The summed E-state index contributed by atoms with van der Waals surface area (Å²) in [5, 5.41) is 10.9. The molecule has 1 atom stereocenters. The molecular weight excluding hydrogens is 220 g/mol. The molecule has 0 spiro atoms. The Morgan fingerprint density at radius 3 is 3.12 bits per heavy atom. The Morgan fingerprint density at radius 1 is 1.41 bits per heavy atom. The number of piperidine rings is 1. The first-order valence-corrected chi connectivity index (χ1v) is 5.94. The monoisotopic (exact) mass is 234 g/mol. The second-order valence-corrected chi connectivity index (χ2v) is 4.54. The number of hydrogen-bond acceptors (Lipinski definition) is 4. The summed E-state index contributed by atoms with van der Waals surface area (Å²) < 4.78 is 5.60. The fourth-order valence-electron chi connectivity index (χ4n) is 2.70. The van der Waals surface area contributed by atoms with E-state index in [1.54, 1.807) is 6.07 Å². The van der Waals surface area contributed by atoms with Gasteiger partial charge in [-0.2, -0.15) is 0 Å². The molecule has 1 fully saturated rings. The highest BCUT2D eigenvalue weighted by atomic mass is 16.6. The summed E-state index contributed by atoms with van der Waals surface area (Å²) >= 11 is 0. The fraction of sp³-hybridized carbons (Fsp3) is 0.500. The van der Waals surface area contributed by atoms with Crippen LogP contribution in [0.15, 0.2) is 18.2 Å². The van der Waals surface area contributed by atoms with Gasteiger partial charge in [-0.05, 0) is 25.3 Å². The highest BCUT2D eigenvalue weighted by Gasteiger charge is 2.33. The largest absolute Gasteiger partial charge is 0.483 e. The average molecular weight is 234 g/mol. The summed E-state index contributed by atoms with van der Waals surface area (Å²) in [7, 11) is 0. The normalized spacial score (nSPS) is 22.4. The molecule has 90 valence electrons. The van der Waals surface area contributed by atoms with Gasteiger partial charge in [-0.15, -0.1) is 0 Å². The molecule has 2 aliphatic rings. The minimum atomic E-state index is -0.372. The van der Waals surface area contributed by atoms with Crippen LogP contribution in [-0.4, -0.2) is 24.1 Å². The van der Waals surface area contributed by atoms with Crippen molar-refractivity contribution < 1.29 is 9.66 Å². The Hall–Kier alpha value is -1.78. The second-order valence-electron chi connectivity index (χ2n) is 4.54. The molecule has 5 nitrogen and oxygen atoms in total. The molecule has 1 aromatic rings. The van der Waals surface area contributed by atoms with E-state index in [4.69, 9.17) is 4.74 Å². The number of ether oxygens (including phenoxy) is 1. The van der Waals surface area contributed by atoms with Crippen LogP contribution in [0.1, 0.15) is 19.3 Å². The van der Waals surface area contributed by atoms with Gasteiger partial charge in [0.2, 0.25) is 5.75 Å². The highest BCUT2D eigenvalue weighted by Crippen LogP contribution is 2.42. The van der Waals surface area contributed by atoms with Crippen LogP contribution >= 0.6 is 0 Å². The zero-order valence-electron chi connectivity index (χ0n) is 9.46. The molecular formula is C12H14N2O3. The van der Waals surface area contributed by atoms with Crippen LogP contribution in [0.2, 0.25) is 0 Å². The standard InChI is InChI=1S/C12H14N2O3/c15-14(16)11-6-3-5-10-12(11)17-8-9-4-1-2-7-13(9)10/h3,5-6,9H,1-2,4,7-8H2/t9-/m1/s1. The molecule has 2 aliphatic heterocycles. The smallest absolute Gasteiger partial charge is 0.313 e. The number of anilines is 1. The molecule has 0 radical (unpaired) electrons. The first-order valence-electron chi connectivity index (χ1n) is 5.94.